The van der Waals surface area contributed by atoms with Gasteiger partial charge < -0.3 is 14.3 Å². The van der Waals surface area contributed by atoms with E-state index in [1.807, 2.05) is 53.4 Å². The molecule has 5 heteroatoms. The summed E-state index contributed by atoms with van der Waals surface area (Å²) >= 11 is 0. The lowest BCUT2D eigenvalue weighted by Crippen LogP contribution is -2.39. The number of aromatic amines is 1. The molecule has 0 saturated carbocycles. The third-order valence-electron chi connectivity index (χ3n) is 6.13. The zero-order valence-corrected chi connectivity index (χ0v) is 16.5. The first-order valence-corrected chi connectivity index (χ1v) is 10.4. The first kappa shape index (κ1) is 17.3. The number of hydrogen-bond acceptors (Lipinski definition) is 3. The van der Waals surface area contributed by atoms with Gasteiger partial charge in [-0.2, -0.15) is 0 Å². The van der Waals surface area contributed by atoms with Gasteiger partial charge in [0.2, 0.25) is 0 Å². The van der Waals surface area contributed by atoms with Gasteiger partial charge >= 0.3 is 0 Å². The molecule has 1 amide bonds. The van der Waals surface area contributed by atoms with Gasteiger partial charge in [-0.15, -0.1) is 0 Å². The summed E-state index contributed by atoms with van der Waals surface area (Å²) in [5, 5.41) is 3.43. The molecule has 30 heavy (non-hydrogen) atoms. The summed E-state index contributed by atoms with van der Waals surface area (Å²) in [6, 6.07) is 22.2. The molecule has 3 heterocycles. The van der Waals surface area contributed by atoms with E-state index in [0.717, 1.165) is 52.7 Å². The maximum Gasteiger partial charge on any atom is 0.270 e. The van der Waals surface area contributed by atoms with Crippen molar-refractivity contribution < 1.29 is 9.21 Å². The molecule has 1 N–H and O–H groups in total. The van der Waals surface area contributed by atoms with Crippen LogP contribution in [0.1, 0.15) is 35.1 Å². The highest BCUT2D eigenvalue weighted by Gasteiger charge is 2.29. The largest absolute Gasteiger partial charge is 0.440 e. The Morgan fingerprint density at radius 2 is 1.90 bits per heavy atom. The van der Waals surface area contributed by atoms with Crippen LogP contribution in [0.2, 0.25) is 0 Å². The highest BCUT2D eigenvalue weighted by molar-refractivity contribution is 6.09. The predicted molar refractivity (Wildman–Crippen MR) is 118 cm³/mol. The van der Waals surface area contributed by atoms with E-state index in [0.29, 0.717) is 12.2 Å². The SMILES string of the molecule is O=C(c1cc2c(ccc3ccccc32)[nH]1)N1CCCC(c2nc3ccccc3o2)C1. The smallest absolute Gasteiger partial charge is 0.270 e. The molecule has 5 nitrogen and oxygen atoms in total. The second-order valence-corrected chi connectivity index (χ2v) is 8.04. The van der Waals surface area contributed by atoms with Crippen molar-refractivity contribution in [1.29, 1.82) is 0 Å². The average molecular weight is 395 g/mol. The van der Waals surface area contributed by atoms with Crippen LogP contribution in [0, 0.1) is 0 Å². The molecule has 0 bridgehead atoms. The second-order valence-electron chi connectivity index (χ2n) is 8.04. The highest BCUT2D eigenvalue weighted by atomic mass is 16.3. The molecule has 3 aromatic carbocycles. The number of oxazole rings is 1. The zero-order chi connectivity index (χ0) is 20.1. The van der Waals surface area contributed by atoms with E-state index in [-0.39, 0.29) is 11.8 Å². The minimum absolute atomic E-state index is 0.0380. The summed E-state index contributed by atoms with van der Waals surface area (Å²) in [5.74, 6) is 0.896. The second kappa shape index (κ2) is 6.73. The minimum Gasteiger partial charge on any atom is -0.440 e. The molecule has 0 radical (unpaired) electrons. The van der Waals surface area contributed by atoms with E-state index in [1.54, 1.807) is 0 Å². The number of nitrogens with zero attached hydrogens (tertiary/aromatic N) is 2. The summed E-state index contributed by atoms with van der Waals surface area (Å²) in [5.41, 5.74) is 3.31. The highest BCUT2D eigenvalue weighted by Crippen LogP contribution is 2.31. The lowest BCUT2D eigenvalue weighted by molar-refractivity contribution is 0.0694. The molecule has 1 aliphatic heterocycles. The Balaban J connectivity index is 1.30. The Labute approximate surface area is 173 Å². The van der Waals surface area contributed by atoms with Crippen molar-refractivity contribution in [3.05, 3.63) is 78.3 Å². The Morgan fingerprint density at radius 3 is 2.83 bits per heavy atom. The van der Waals surface area contributed by atoms with Gasteiger partial charge in [0, 0.05) is 24.0 Å². The third kappa shape index (κ3) is 2.77. The van der Waals surface area contributed by atoms with Gasteiger partial charge in [-0.1, -0.05) is 42.5 Å². The van der Waals surface area contributed by atoms with Crippen molar-refractivity contribution in [2.75, 3.05) is 13.1 Å². The molecule has 1 aliphatic rings. The third-order valence-corrected chi connectivity index (χ3v) is 6.13. The van der Waals surface area contributed by atoms with Crippen LogP contribution in [0.3, 0.4) is 0 Å². The first-order valence-electron chi connectivity index (χ1n) is 10.4. The first-order chi connectivity index (χ1) is 14.8. The predicted octanol–water partition coefficient (Wildman–Crippen LogP) is 5.48. The number of H-pyrrole nitrogens is 1. The Bertz CT molecular complexity index is 1360. The van der Waals surface area contributed by atoms with Crippen LogP contribution in [0.4, 0.5) is 0 Å². The maximum absolute atomic E-state index is 13.3. The van der Waals surface area contributed by atoms with E-state index in [2.05, 4.69) is 28.2 Å². The van der Waals surface area contributed by atoms with Gasteiger partial charge in [0.05, 0.1) is 5.92 Å². The normalized spacial score (nSPS) is 17.2. The van der Waals surface area contributed by atoms with Crippen LogP contribution in [-0.2, 0) is 0 Å². The van der Waals surface area contributed by atoms with Gasteiger partial charge in [-0.05, 0) is 47.9 Å². The standard InChI is InChI=1S/C25H21N3O2/c29-25(22-14-19-18-8-2-1-6-16(18)11-12-20(19)26-22)28-13-5-7-17(15-28)24-27-21-9-3-4-10-23(21)30-24/h1-4,6,8-12,14,17,26H,5,7,13,15H2. The van der Waals surface area contributed by atoms with Crippen LogP contribution in [0.15, 0.2) is 71.1 Å². The van der Waals surface area contributed by atoms with Crippen LogP contribution in [-0.4, -0.2) is 33.9 Å². The van der Waals surface area contributed by atoms with Crippen molar-refractivity contribution in [2.24, 2.45) is 0 Å². The number of piperidine rings is 1. The van der Waals surface area contributed by atoms with Crippen molar-refractivity contribution in [3.63, 3.8) is 0 Å². The molecule has 5 aromatic rings. The number of benzene rings is 3. The molecular weight excluding hydrogens is 374 g/mol. The summed E-state index contributed by atoms with van der Waals surface area (Å²) < 4.78 is 5.98. The number of fused-ring (bicyclic) bond motifs is 4. The Hall–Kier alpha value is -3.60. The molecule has 1 fully saturated rings. The van der Waals surface area contributed by atoms with Crippen molar-refractivity contribution in [2.45, 2.75) is 18.8 Å². The molecule has 148 valence electrons. The van der Waals surface area contributed by atoms with Crippen LogP contribution in [0.5, 0.6) is 0 Å². The molecule has 1 saturated heterocycles. The number of carbonyl (C=O) groups excluding carboxylic acids is 1. The van der Waals surface area contributed by atoms with E-state index in [1.165, 1.54) is 5.39 Å². The minimum atomic E-state index is 0.0380. The zero-order valence-electron chi connectivity index (χ0n) is 16.5. The van der Waals surface area contributed by atoms with Gasteiger partial charge in [0.15, 0.2) is 11.5 Å². The van der Waals surface area contributed by atoms with E-state index >= 15 is 0 Å². The quantitative estimate of drug-likeness (QED) is 0.430. The lowest BCUT2D eigenvalue weighted by Gasteiger charge is -2.31. The molecular formula is C25H21N3O2. The molecule has 0 aliphatic carbocycles. The summed E-state index contributed by atoms with van der Waals surface area (Å²) in [6.07, 6.45) is 1.92. The number of carbonyl (C=O) groups is 1. The summed E-state index contributed by atoms with van der Waals surface area (Å²) in [7, 11) is 0. The molecule has 2 aromatic heterocycles. The summed E-state index contributed by atoms with van der Waals surface area (Å²) in [4.78, 5) is 23.2. The molecule has 1 atom stereocenters. The fourth-order valence-electron chi connectivity index (χ4n) is 4.60. The van der Waals surface area contributed by atoms with Gasteiger partial charge in [-0.3, -0.25) is 4.79 Å². The van der Waals surface area contributed by atoms with E-state index in [9.17, 15) is 4.79 Å². The van der Waals surface area contributed by atoms with Gasteiger partial charge in [0.25, 0.3) is 5.91 Å². The number of amides is 1. The van der Waals surface area contributed by atoms with Crippen LogP contribution < -0.4 is 0 Å². The topological polar surface area (TPSA) is 62.1 Å². The fourth-order valence-corrected chi connectivity index (χ4v) is 4.60. The number of rotatable bonds is 2. The van der Waals surface area contributed by atoms with Crippen molar-refractivity contribution in [3.8, 4) is 0 Å². The number of likely N-dealkylation sites (tertiary alicyclic amines) is 1. The molecule has 1 unspecified atom stereocenters. The number of nitrogens with one attached hydrogen (secondary N) is 1. The van der Waals surface area contributed by atoms with E-state index in [4.69, 9.17) is 4.42 Å². The Kier molecular flexibility index (Phi) is 3.88. The lowest BCUT2D eigenvalue weighted by atomic mass is 9.97. The van der Waals surface area contributed by atoms with Crippen molar-refractivity contribution in [1.82, 2.24) is 14.9 Å². The summed E-state index contributed by atoms with van der Waals surface area (Å²) in [6.45, 7) is 1.38. The molecule has 6 rings (SSSR count). The van der Waals surface area contributed by atoms with Gasteiger partial charge in [0.1, 0.15) is 11.2 Å². The van der Waals surface area contributed by atoms with E-state index < -0.39 is 0 Å². The van der Waals surface area contributed by atoms with Gasteiger partial charge in [-0.25, -0.2) is 4.98 Å². The number of aromatic nitrogens is 2. The maximum atomic E-state index is 13.3. The number of hydrogen-bond donors (Lipinski definition) is 1. The fraction of sp³-hybridized carbons (Fsp3) is 0.200. The number of para-hydroxylation sites is 2. The molecule has 0 spiro atoms. The van der Waals surface area contributed by atoms with Crippen molar-refractivity contribution >= 4 is 38.7 Å². The van der Waals surface area contributed by atoms with Crippen LogP contribution >= 0.6 is 0 Å². The monoisotopic (exact) mass is 395 g/mol. The van der Waals surface area contributed by atoms with Crippen LogP contribution in [0.25, 0.3) is 32.8 Å². The Morgan fingerprint density at radius 1 is 1.03 bits per heavy atom. The average Bonchev–Trinajstić information content (AvgIpc) is 3.43.